The second-order valence-corrected chi connectivity index (χ2v) is 6.63. The van der Waals surface area contributed by atoms with E-state index < -0.39 is 5.97 Å². The highest BCUT2D eigenvalue weighted by atomic mass is 16.5. The highest BCUT2D eigenvalue weighted by Crippen LogP contribution is 2.35. The summed E-state index contributed by atoms with van der Waals surface area (Å²) in [6.45, 7) is 1.95. The molecular weight excluding hydrogens is 368 g/mol. The van der Waals surface area contributed by atoms with E-state index in [2.05, 4.69) is 0 Å². The topological polar surface area (TPSA) is 61.8 Å². The molecule has 1 aliphatic rings. The Morgan fingerprint density at radius 2 is 1.62 bits per heavy atom. The predicted molar refractivity (Wildman–Crippen MR) is 109 cm³/mol. The fourth-order valence-electron chi connectivity index (χ4n) is 2.94. The zero-order chi connectivity index (χ0) is 20.4. The molecule has 0 saturated heterocycles. The maximum Gasteiger partial charge on any atom is 0.343 e. The number of allylic oxidation sites excluding steroid dienone is 1. The number of ether oxygens (including phenoxy) is 3. The molecule has 0 saturated carbocycles. The molecule has 29 heavy (non-hydrogen) atoms. The Labute approximate surface area is 168 Å². The lowest BCUT2D eigenvalue weighted by Gasteiger charge is -2.06. The van der Waals surface area contributed by atoms with E-state index in [9.17, 15) is 9.59 Å². The lowest BCUT2D eigenvalue weighted by molar-refractivity contribution is 0.0734. The van der Waals surface area contributed by atoms with Gasteiger partial charge in [-0.05, 0) is 55.0 Å². The lowest BCUT2D eigenvalue weighted by atomic mass is 10.1. The van der Waals surface area contributed by atoms with Crippen molar-refractivity contribution in [3.8, 4) is 17.2 Å². The highest BCUT2D eigenvalue weighted by Gasteiger charge is 2.28. The van der Waals surface area contributed by atoms with Gasteiger partial charge >= 0.3 is 5.97 Å². The van der Waals surface area contributed by atoms with Gasteiger partial charge in [-0.3, -0.25) is 4.79 Å². The standard InChI is InChI=1S/C24H18O5/c1-15-3-7-17(8-4-15)24(26)28-19-11-12-20-21(14-19)29-22(23(20)25)13-16-5-9-18(27-2)10-6-16/h3-14H,1-2H3/b22-13-. The monoisotopic (exact) mass is 386 g/mol. The van der Waals surface area contributed by atoms with Crippen LogP contribution in [-0.4, -0.2) is 18.9 Å². The van der Waals surface area contributed by atoms with Crippen molar-refractivity contribution in [2.75, 3.05) is 7.11 Å². The van der Waals surface area contributed by atoms with Gasteiger partial charge in [0.2, 0.25) is 5.78 Å². The number of Topliss-reactive ketones (excluding diaryl/α,β-unsaturated/α-hetero) is 1. The first-order valence-electron chi connectivity index (χ1n) is 9.05. The second-order valence-electron chi connectivity index (χ2n) is 6.63. The molecule has 0 atom stereocenters. The van der Waals surface area contributed by atoms with Crippen LogP contribution >= 0.6 is 0 Å². The van der Waals surface area contributed by atoms with Gasteiger partial charge in [0, 0.05) is 6.07 Å². The van der Waals surface area contributed by atoms with Crippen LogP contribution in [0.2, 0.25) is 0 Å². The number of carbonyl (C=O) groups is 2. The third-order valence-corrected chi connectivity index (χ3v) is 4.55. The Morgan fingerprint density at radius 3 is 2.31 bits per heavy atom. The minimum atomic E-state index is -0.469. The largest absolute Gasteiger partial charge is 0.497 e. The molecule has 0 spiro atoms. The van der Waals surface area contributed by atoms with Gasteiger partial charge in [-0.25, -0.2) is 4.79 Å². The van der Waals surface area contributed by atoms with Crippen LogP contribution in [0.15, 0.2) is 72.5 Å². The van der Waals surface area contributed by atoms with E-state index in [0.717, 1.165) is 16.9 Å². The average molecular weight is 386 g/mol. The minimum absolute atomic E-state index is 0.215. The predicted octanol–water partition coefficient (Wildman–Crippen LogP) is 4.84. The van der Waals surface area contributed by atoms with E-state index >= 15 is 0 Å². The quantitative estimate of drug-likeness (QED) is 0.365. The van der Waals surface area contributed by atoms with Crippen LogP contribution in [0.25, 0.3) is 6.08 Å². The van der Waals surface area contributed by atoms with Gasteiger partial charge in [-0.1, -0.05) is 29.8 Å². The number of methoxy groups -OCH3 is 1. The average Bonchev–Trinajstić information content (AvgIpc) is 3.03. The molecule has 0 unspecified atom stereocenters. The smallest absolute Gasteiger partial charge is 0.343 e. The van der Waals surface area contributed by atoms with Crippen molar-refractivity contribution in [2.45, 2.75) is 6.92 Å². The maximum absolute atomic E-state index is 12.6. The Morgan fingerprint density at radius 1 is 0.931 bits per heavy atom. The first-order valence-corrected chi connectivity index (χ1v) is 9.05. The summed E-state index contributed by atoms with van der Waals surface area (Å²) in [4.78, 5) is 24.9. The number of ketones is 1. The molecule has 3 aromatic rings. The molecule has 0 radical (unpaired) electrons. The molecule has 0 amide bonds. The van der Waals surface area contributed by atoms with Crippen molar-refractivity contribution in [1.29, 1.82) is 0 Å². The highest BCUT2D eigenvalue weighted by molar-refractivity contribution is 6.14. The lowest BCUT2D eigenvalue weighted by Crippen LogP contribution is -2.08. The van der Waals surface area contributed by atoms with Crippen LogP contribution in [0, 0.1) is 6.92 Å². The third kappa shape index (κ3) is 3.89. The van der Waals surface area contributed by atoms with E-state index in [-0.39, 0.29) is 11.5 Å². The molecule has 3 aromatic carbocycles. The van der Waals surface area contributed by atoms with Crippen molar-refractivity contribution in [2.24, 2.45) is 0 Å². The van der Waals surface area contributed by atoms with Crippen LogP contribution in [0.3, 0.4) is 0 Å². The summed E-state index contributed by atoms with van der Waals surface area (Å²) in [5.41, 5.74) is 2.75. The number of hydrogen-bond acceptors (Lipinski definition) is 5. The number of rotatable bonds is 4. The van der Waals surface area contributed by atoms with Crippen LogP contribution in [0.1, 0.15) is 31.8 Å². The molecular formula is C24H18O5. The SMILES string of the molecule is COc1ccc(/C=C2\Oc3cc(OC(=O)c4ccc(C)cc4)ccc3C2=O)cc1. The Balaban J connectivity index is 1.52. The number of esters is 1. The molecule has 1 aliphatic heterocycles. The van der Waals surface area contributed by atoms with Crippen molar-refractivity contribution >= 4 is 17.8 Å². The molecule has 0 aliphatic carbocycles. The molecule has 144 valence electrons. The van der Waals surface area contributed by atoms with Crippen LogP contribution in [-0.2, 0) is 0 Å². The van der Waals surface area contributed by atoms with Crippen molar-refractivity contribution < 1.29 is 23.8 Å². The number of aryl methyl sites for hydroxylation is 1. The van der Waals surface area contributed by atoms with E-state index in [4.69, 9.17) is 14.2 Å². The third-order valence-electron chi connectivity index (χ3n) is 4.55. The number of hydrogen-bond donors (Lipinski definition) is 0. The molecule has 0 aromatic heterocycles. The summed E-state index contributed by atoms with van der Waals surface area (Å²) in [6, 6.07) is 19.1. The molecule has 5 heteroatoms. The normalized spacial score (nSPS) is 13.7. The summed E-state index contributed by atoms with van der Waals surface area (Å²) in [7, 11) is 1.59. The van der Waals surface area contributed by atoms with Gasteiger partial charge in [0.1, 0.15) is 17.2 Å². The first-order chi connectivity index (χ1) is 14.0. The molecule has 5 nitrogen and oxygen atoms in total. The van der Waals surface area contributed by atoms with Crippen molar-refractivity contribution in [3.63, 3.8) is 0 Å². The molecule has 0 bridgehead atoms. The molecule has 1 heterocycles. The number of carbonyl (C=O) groups excluding carboxylic acids is 2. The van der Waals surface area contributed by atoms with Crippen LogP contribution < -0.4 is 14.2 Å². The molecule has 4 rings (SSSR count). The Kier molecular flexibility index (Phi) is 4.87. The van der Waals surface area contributed by atoms with Gasteiger partial charge in [0.15, 0.2) is 5.76 Å². The van der Waals surface area contributed by atoms with Gasteiger partial charge in [0.25, 0.3) is 0 Å². The zero-order valence-electron chi connectivity index (χ0n) is 16.0. The summed E-state index contributed by atoms with van der Waals surface area (Å²) < 4.78 is 16.3. The fourth-order valence-corrected chi connectivity index (χ4v) is 2.94. The zero-order valence-corrected chi connectivity index (χ0v) is 16.0. The number of benzene rings is 3. The molecule has 0 N–H and O–H groups in total. The summed E-state index contributed by atoms with van der Waals surface area (Å²) >= 11 is 0. The summed E-state index contributed by atoms with van der Waals surface area (Å²) in [5.74, 6) is 0.939. The van der Waals surface area contributed by atoms with E-state index in [1.54, 1.807) is 43.5 Å². The van der Waals surface area contributed by atoms with E-state index in [1.807, 2.05) is 43.3 Å². The Hall–Kier alpha value is -3.86. The minimum Gasteiger partial charge on any atom is -0.497 e. The maximum atomic E-state index is 12.6. The van der Waals surface area contributed by atoms with Gasteiger partial charge < -0.3 is 14.2 Å². The Bertz CT molecular complexity index is 1110. The van der Waals surface area contributed by atoms with E-state index in [1.165, 1.54) is 0 Å². The van der Waals surface area contributed by atoms with E-state index in [0.29, 0.717) is 22.6 Å². The van der Waals surface area contributed by atoms with Crippen LogP contribution in [0.4, 0.5) is 0 Å². The van der Waals surface area contributed by atoms with Gasteiger partial charge in [-0.15, -0.1) is 0 Å². The van der Waals surface area contributed by atoms with Crippen molar-refractivity contribution in [1.82, 2.24) is 0 Å². The second kappa shape index (κ2) is 7.64. The van der Waals surface area contributed by atoms with Crippen LogP contribution in [0.5, 0.6) is 17.2 Å². The van der Waals surface area contributed by atoms with Gasteiger partial charge in [-0.2, -0.15) is 0 Å². The first kappa shape index (κ1) is 18.5. The summed E-state index contributed by atoms with van der Waals surface area (Å²) in [5, 5.41) is 0. The van der Waals surface area contributed by atoms with Crippen molar-refractivity contribution in [3.05, 3.63) is 94.7 Å². The summed E-state index contributed by atoms with van der Waals surface area (Å²) in [6.07, 6.45) is 1.67. The fraction of sp³-hybridized carbons (Fsp3) is 0.0833. The molecule has 0 fully saturated rings. The number of fused-ring (bicyclic) bond motifs is 1. The van der Waals surface area contributed by atoms with Gasteiger partial charge in [0.05, 0.1) is 18.2 Å².